The Balaban J connectivity index is 1.79. The smallest absolute Gasteiger partial charge is 0.342 e. The van der Waals surface area contributed by atoms with Gasteiger partial charge < -0.3 is 10.2 Å². The minimum atomic E-state index is -4.61. The molecule has 138 valence electrons. The Morgan fingerprint density at radius 2 is 1.74 bits per heavy atom. The zero-order valence-corrected chi connectivity index (χ0v) is 14.1. The topological polar surface area (TPSA) is 71.0 Å². The molecule has 2 aromatic heterocycles. The minimum absolute atomic E-state index is 0.319. The van der Waals surface area contributed by atoms with Crippen molar-refractivity contribution in [2.45, 2.75) is 6.18 Å². The second kappa shape index (κ2) is 7.40. The van der Waals surface area contributed by atoms with Crippen LogP contribution in [-0.4, -0.2) is 27.9 Å². The predicted molar refractivity (Wildman–Crippen MR) is 93.7 cm³/mol. The number of carbonyl (C=O) groups excluding carboxylic acids is 1. The summed E-state index contributed by atoms with van der Waals surface area (Å²) in [7, 11) is 1.80. The van der Waals surface area contributed by atoms with Crippen LogP contribution in [0.15, 0.2) is 61.2 Å². The maximum absolute atomic E-state index is 12.8. The van der Waals surface area contributed by atoms with E-state index in [1.807, 2.05) is 6.07 Å². The van der Waals surface area contributed by atoms with Crippen LogP contribution in [-0.2, 0) is 6.18 Å². The largest absolute Gasteiger partial charge is 0.433 e. The first kappa shape index (κ1) is 18.3. The molecule has 0 fully saturated rings. The summed E-state index contributed by atoms with van der Waals surface area (Å²) in [6, 6.07) is 10.0. The van der Waals surface area contributed by atoms with Crippen molar-refractivity contribution in [3.63, 3.8) is 0 Å². The summed E-state index contributed by atoms with van der Waals surface area (Å²) in [4.78, 5) is 25.3. The van der Waals surface area contributed by atoms with E-state index in [1.165, 1.54) is 12.4 Å². The number of anilines is 3. The van der Waals surface area contributed by atoms with Crippen LogP contribution in [0.2, 0.25) is 0 Å². The van der Waals surface area contributed by atoms with Gasteiger partial charge in [-0.1, -0.05) is 12.1 Å². The SMILES string of the molecule is CN(c1cncnc1)c1cccc(NC(=O)c2cccc(C(F)(F)F)n2)c1. The molecule has 0 spiro atoms. The summed E-state index contributed by atoms with van der Waals surface area (Å²) in [5, 5.41) is 2.56. The molecule has 3 rings (SSSR count). The summed E-state index contributed by atoms with van der Waals surface area (Å²) < 4.78 is 38.3. The molecule has 2 heterocycles. The van der Waals surface area contributed by atoms with Crippen molar-refractivity contribution in [2.24, 2.45) is 0 Å². The van der Waals surface area contributed by atoms with Crippen LogP contribution in [0, 0.1) is 0 Å². The molecule has 0 saturated heterocycles. The molecule has 9 heteroatoms. The lowest BCUT2D eigenvalue weighted by molar-refractivity contribution is -0.141. The first-order valence-corrected chi connectivity index (χ1v) is 7.79. The van der Waals surface area contributed by atoms with Crippen molar-refractivity contribution in [3.05, 3.63) is 72.6 Å². The highest BCUT2D eigenvalue weighted by Crippen LogP contribution is 2.28. The van der Waals surface area contributed by atoms with E-state index in [0.717, 1.165) is 23.5 Å². The second-order valence-corrected chi connectivity index (χ2v) is 5.57. The molecule has 1 amide bonds. The number of pyridine rings is 1. The fraction of sp³-hybridized carbons (Fsp3) is 0.111. The summed E-state index contributed by atoms with van der Waals surface area (Å²) in [6.07, 6.45) is 0.0579. The third kappa shape index (κ3) is 4.38. The summed E-state index contributed by atoms with van der Waals surface area (Å²) >= 11 is 0. The molecule has 0 aliphatic rings. The van der Waals surface area contributed by atoms with Gasteiger partial charge in [-0.05, 0) is 30.3 Å². The number of halogens is 3. The fourth-order valence-electron chi connectivity index (χ4n) is 2.32. The molecule has 0 atom stereocenters. The quantitative estimate of drug-likeness (QED) is 0.751. The number of benzene rings is 1. The molecular weight excluding hydrogens is 359 g/mol. The van der Waals surface area contributed by atoms with Crippen molar-refractivity contribution in [1.82, 2.24) is 15.0 Å². The molecule has 1 N–H and O–H groups in total. The third-order valence-electron chi connectivity index (χ3n) is 3.70. The van der Waals surface area contributed by atoms with Crippen molar-refractivity contribution in [3.8, 4) is 0 Å². The number of rotatable bonds is 4. The molecule has 0 aliphatic carbocycles. The molecule has 27 heavy (non-hydrogen) atoms. The zero-order valence-electron chi connectivity index (χ0n) is 14.1. The number of hydrogen-bond acceptors (Lipinski definition) is 5. The third-order valence-corrected chi connectivity index (χ3v) is 3.70. The lowest BCUT2D eigenvalue weighted by atomic mass is 10.2. The molecular formula is C18H14F3N5O. The van der Waals surface area contributed by atoms with Gasteiger partial charge in [0.2, 0.25) is 0 Å². The number of hydrogen-bond donors (Lipinski definition) is 1. The first-order valence-electron chi connectivity index (χ1n) is 7.79. The lowest BCUT2D eigenvalue weighted by Gasteiger charge is -2.19. The maximum Gasteiger partial charge on any atom is 0.433 e. The van der Waals surface area contributed by atoms with Gasteiger partial charge in [-0.25, -0.2) is 15.0 Å². The number of alkyl halides is 3. The van der Waals surface area contributed by atoms with Crippen LogP contribution in [0.1, 0.15) is 16.2 Å². The molecule has 0 radical (unpaired) electrons. The van der Waals surface area contributed by atoms with Gasteiger partial charge in [-0.2, -0.15) is 13.2 Å². The van der Waals surface area contributed by atoms with Gasteiger partial charge in [0.15, 0.2) is 0 Å². The van der Waals surface area contributed by atoms with E-state index in [-0.39, 0.29) is 5.69 Å². The fourth-order valence-corrected chi connectivity index (χ4v) is 2.32. The molecule has 1 aromatic carbocycles. The molecule has 0 bridgehead atoms. The van der Waals surface area contributed by atoms with Crippen molar-refractivity contribution >= 4 is 23.0 Å². The number of aromatic nitrogens is 3. The van der Waals surface area contributed by atoms with Crippen LogP contribution in [0.3, 0.4) is 0 Å². The second-order valence-electron chi connectivity index (χ2n) is 5.57. The number of amides is 1. The van der Waals surface area contributed by atoms with Gasteiger partial charge in [0, 0.05) is 18.4 Å². The maximum atomic E-state index is 12.8. The Bertz CT molecular complexity index is 947. The average Bonchev–Trinajstić information content (AvgIpc) is 2.68. The van der Waals surface area contributed by atoms with Crippen LogP contribution in [0.25, 0.3) is 0 Å². The Morgan fingerprint density at radius 3 is 2.44 bits per heavy atom. The molecule has 0 unspecified atom stereocenters. The molecule has 0 aliphatic heterocycles. The van der Waals surface area contributed by atoms with Gasteiger partial charge in [0.1, 0.15) is 17.7 Å². The van der Waals surface area contributed by atoms with E-state index in [1.54, 1.807) is 42.5 Å². The van der Waals surface area contributed by atoms with Gasteiger partial charge in [0.05, 0.1) is 18.1 Å². The standard InChI is InChI=1S/C18H14F3N5O/c1-26(14-9-22-11-23-10-14)13-5-2-4-12(8-13)24-17(27)15-6-3-7-16(25-15)18(19,20)21/h2-11H,1H3,(H,24,27). The van der Waals surface area contributed by atoms with Crippen LogP contribution in [0.4, 0.5) is 30.2 Å². The van der Waals surface area contributed by atoms with Gasteiger partial charge in [0.25, 0.3) is 5.91 Å². The van der Waals surface area contributed by atoms with Crippen LogP contribution >= 0.6 is 0 Å². The minimum Gasteiger partial charge on any atom is -0.342 e. The molecule has 0 saturated carbocycles. The Hall–Kier alpha value is -3.49. The van der Waals surface area contributed by atoms with Crippen LogP contribution < -0.4 is 10.2 Å². The highest BCUT2D eigenvalue weighted by Gasteiger charge is 2.32. The van der Waals surface area contributed by atoms with Gasteiger partial charge >= 0.3 is 6.18 Å². The van der Waals surface area contributed by atoms with Gasteiger partial charge in [-0.3, -0.25) is 4.79 Å². The highest BCUT2D eigenvalue weighted by atomic mass is 19.4. The predicted octanol–water partition coefficient (Wildman–Crippen LogP) is 3.91. The van der Waals surface area contributed by atoms with E-state index in [9.17, 15) is 18.0 Å². The lowest BCUT2D eigenvalue weighted by Crippen LogP contribution is -2.17. The Labute approximate surface area is 152 Å². The Morgan fingerprint density at radius 1 is 1.04 bits per heavy atom. The molecule has 6 nitrogen and oxygen atoms in total. The average molecular weight is 373 g/mol. The van der Waals surface area contributed by atoms with E-state index in [2.05, 4.69) is 20.3 Å². The van der Waals surface area contributed by atoms with E-state index >= 15 is 0 Å². The normalized spacial score (nSPS) is 11.1. The van der Waals surface area contributed by atoms with Crippen LogP contribution in [0.5, 0.6) is 0 Å². The summed E-state index contributed by atoms with van der Waals surface area (Å²) in [6.45, 7) is 0. The molecule has 3 aromatic rings. The van der Waals surface area contributed by atoms with Gasteiger partial charge in [-0.15, -0.1) is 0 Å². The number of nitrogens with one attached hydrogen (secondary N) is 1. The van der Waals surface area contributed by atoms with E-state index < -0.39 is 17.8 Å². The van der Waals surface area contributed by atoms with E-state index in [4.69, 9.17) is 0 Å². The monoisotopic (exact) mass is 373 g/mol. The Kier molecular flexibility index (Phi) is 5.02. The van der Waals surface area contributed by atoms with Crippen molar-refractivity contribution in [2.75, 3.05) is 17.3 Å². The van der Waals surface area contributed by atoms with Crippen molar-refractivity contribution < 1.29 is 18.0 Å². The number of nitrogens with zero attached hydrogens (tertiary/aromatic N) is 4. The van der Waals surface area contributed by atoms with E-state index in [0.29, 0.717) is 5.69 Å². The summed E-state index contributed by atoms with van der Waals surface area (Å²) in [5.74, 6) is -0.732. The highest BCUT2D eigenvalue weighted by molar-refractivity contribution is 6.03. The summed E-state index contributed by atoms with van der Waals surface area (Å²) in [5.41, 5.74) is 0.452. The number of carbonyl (C=O) groups is 1. The zero-order chi connectivity index (χ0) is 19.4. The first-order chi connectivity index (χ1) is 12.8. The van der Waals surface area contributed by atoms with Crippen molar-refractivity contribution in [1.29, 1.82) is 0 Å².